The Labute approximate surface area is 161 Å². The van der Waals surface area contributed by atoms with Gasteiger partial charge in [-0.25, -0.2) is 0 Å². The van der Waals surface area contributed by atoms with E-state index in [1.165, 1.54) is 0 Å². The van der Waals surface area contributed by atoms with Crippen molar-refractivity contribution >= 4 is 18.3 Å². The Morgan fingerprint density at radius 3 is 2.63 bits per heavy atom. The van der Waals surface area contributed by atoms with Gasteiger partial charge < -0.3 is 10.2 Å². The maximum Gasteiger partial charge on any atom is 0.406 e. The van der Waals surface area contributed by atoms with Crippen molar-refractivity contribution in [3.05, 3.63) is 52.3 Å². The van der Waals surface area contributed by atoms with Crippen LogP contribution in [0.4, 0.5) is 13.2 Å². The molecule has 2 N–H and O–H groups in total. The molecule has 2 aromatic rings. The molecule has 3 rings (SSSR count). The topological polar surface area (TPSA) is 61.0 Å². The highest BCUT2D eigenvalue weighted by atomic mass is 35.5. The van der Waals surface area contributed by atoms with Crippen molar-refractivity contribution in [2.75, 3.05) is 19.6 Å². The van der Waals surface area contributed by atoms with Crippen molar-refractivity contribution in [3.63, 3.8) is 0 Å². The minimum atomic E-state index is -4.46. The molecule has 0 atom stereocenters. The molecule has 9 heteroatoms. The summed E-state index contributed by atoms with van der Waals surface area (Å²) in [6, 6.07) is 7.54. The molecular weight excluding hydrogens is 381 g/mol. The third kappa shape index (κ3) is 5.46. The van der Waals surface area contributed by atoms with Crippen LogP contribution in [-0.2, 0) is 19.4 Å². The van der Waals surface area contributed by atoms with Gasteiger partial charge in [0.2, 0.25) is 0 Å². The number of H-pyrrole nitrogens is 1. The monoisotopic (exact) mass is 402 g/mol. The molecule has 148 valence electrons. The van der Waals surface area contributed by atoms with Crippen LogP contribution in [0.3, 0.4) is 0 Å². The van der Waals surface area contributed by atoms with Crippen molar-refractivity contribution < 1.29 is 18.0 Å². The molecule has 0 aliphatic carbocycles. The van der Waals surface area contributed by atoms with Gasteiger partial charge in [-0.2, -0.15) is 18.3 Å². The van der Waals surface area contributed by atoms with E-state index in [1.54, 1.807) is 0 Å². The first-order chi connectivity index (χ1) is 12.3. The van der Waals surface area contributed by atoms with Crippen LogP contribution in [0.15, 0.2) is 24.3 Å². The highest BCUT2D eigenvalue weighted by Crippen LogP contribution is 2.21. The van der Waals surface area contributed by atoms with Gasteiger partial charge in [0.05, 0.1) is 0 Å². The van der Waals surface area contributed by atoms with Crippen LogP contribution in [-0.4, -0.2) is 46.8 Å². The lowest BCUT2D eigenvalue weighted by Gasteiger charge is -2.24. The fourth-order valence-electron chi connectivity index (χ4n) is 3.04. The van der Waals surface area contributed by atoms with Crippen molar-refractivity contribution in [1.82, 2.24) is 20.4 Å². The van der Waals surface area contributed by atoms with Crippen LogP contribution in [0.25, 0.3) is 0 Å². The second kappa shape index (κ2) is 8.75. The van der Waals surface area contributed by atoms with E-state index in [2.05, 4.69) is 15.5 Å². The molecule has 1 amide bonds. The van der Waals surface area contributed by atoms with Crippen LogP contribution in [0, 0.1) is 6.92 Å². The number of rotatable bonds is 5. The van der Waals surface area contributed by atoms with Gasteiger partial charge in [0.25, 0.3) is 5.91 Å². The first-order valence-corrected chi connectivity index (χ1v) is 8.52. The average Bonchev–Trinajstić information content (AvgIpc) is 3.02. The normalized spacial score (nSPS) is 13.6. The van der Waals surface area contributed by atoms with Crippen molar-refractivity contribution in [2.45, 2.75) is 32.5 Å². The molecule has 0 saturated heterocycles. The number of benzene rings is 1. The fraction of sp³-hybridized carbons (Fsp3) is 0.444. The van der Waals surface area contributed by atoms with Gasteiger partial charge in [-0.1, -0.05) is 29.8 Å². The van der Waals surface area contributed by atoms with Crippen molar-refractivity contribution in [1.29, 1.82) is 0 Å². The van der Waals surface area contributed by atoms with Crippen LogP contribution >= 0.6 is 12.4 Å². The van der Waals surface area contributed by atoms with E-state index < -0.39 is 18.6 Å². The number of nitrogens with zero attached hydrogens (tertiary/aromatic N) is 2. The van der Waals surface area contributed by atoms with E-state index in [0.717, 1.165) is 28.3 Å². The maximum absolute atomic E-state index is 13.0. The molecule has 27 heavy (non-hydrogen) atoms. The van der Waals surface area contributed by atoms with Crippen LogP contribution in [0.2, 0.25) is 0 Å². The summed E-state index contributed by atoms with van der Waals surface area (Å²) in [7, 11) is 0. The molecule has 0 saturated carbocycles. The van der Waals surface area contributed by atoms with E-state index in [1.807, 2.05) is 31.2 Å². The fourth-order valence-corrected chi connectivity index (χ4v) is 3.04. The lowest BCUT2D eigenvalue weighted by molar-refractivity contribution is -0.140. The lowest BCUT2D eigenvalue weighted by atomic mass is 10.1. The quantitative estimate of drug-likeness (QED) is 0.808. The van der Waals surface area contributed by atoms with Crippen LogP contribution < -0.4 is 5.32 Å². The zero-order valence-corrected chi connectivity index (χ0v) is 15.7. The number of nitrogens with one attached hydrogen (secondary N) is 2. The SMILES string of the molecule is Cc1ccc(CCN(CC(F)(F)F)C(=O)c2n[nH]c3c2CNCC3)cc1.Cl. The molecule has 2 heterocycles. The van der Waals surface area contributed by atoms with E-state index >= 15 is 0 Å². The first kappa shape index (κ1) is 21.2. The average molecular weight is 403 g/mol. The molecule has 0 bridgehead atoms. The number of alkyl halides is 3. The Hall–Kier alpha value is -2.06. The molecule has 5 nitrogen and oxygen atoms in total. The summed E-state index contributed by atoms with van der Waals surface area (Å²) in [5.41, 5.74) is 3.54. The van der Waals surface area contributed by atoms with Gasteiger partial charge in [-0.05, 0) is 18.9 Å². The van der Waals surface area contributed by atoms with Gasteiger partial charge in [0.1, 0.15) is 6.54 Å². The number of fused-ring (bicyclic) bond motifs is 1. The summed E-state index contributed by atoms with van der Waals surface area (Å²) in [5, 5.41) is 9.90. The third-order valence-electron chi connectivity index (χ3n) is 4.46. The smallest absolute Gasteiger partial charge is 0.328 e. The van der Waals surface area contributed by atoms with Crippen molar-refractivity contribution in [3.8, 4) is 0 Å². The Morgan fingerprint density at radius 1 is 1.26 bits per heavy atom. The Morgan fingerprint density at radius 2 is 1.96 bits per heavy atom. The number of amides is 1. The molecule has 1 aromatic carbocycles. The summed E-state index contributed by atoms with van der Waals surface area (Å²) in [5.74, 6) is -0.685. The number of halogens is 4. The largest absolute Gasteiger partial charge is 0.406 e. The second-order valence-corrected chi connectivity index (χ2v) is 6.53. The van der Waals surface area contributed by atoms with E-state index in [0.29, 0.717) is 24.9 Å². The molecule has 0 fully saturated rings. The molecule has 1 aliphatic heterocycles. The third-order valence-corrected chi connectivity index (χ3v) is 4.46. The number of hydrogen-bond acceptors (Lipinski definition) is 3. The maximum atomic E-state index is 13.0. The summed E-state index contributed by atoms with van der Waals surface area (Å²) in [6.45, 7) is 1.83. The molecule has 1 aromatic heterocycles. The second-order valence-electron chi connectivity index (χ2n) is 6.53. The van der Waals surface area contributed by atoms with Gasteiger partial charge in [0.15, 0.2) is 5.69 Å². The molecule has 0 radical (unpaired) electrons. The molecule has 0 unspecified atom stereocenters. The summed E-state index contributed by atoms with van der Waals surface area (Å²) < 4.78 is 39.0. The standard InChI is InChI=1S/C18H21F3N4O.ClH/c1-12-2-4-13(5-3-12)7-9-25(11-18(19,20)21)17(26)16-14-10-22-8-6-15(14)23-24-16;/h2-5,22H,6-11H2,1H3,(H,23,24);1H. The first-order valence-electron chi connectivity index (χ1n) is 8.52. The number of aromatic amines is 1. The summed E-state index contributed by atoms with van der Waals surface area (Å²) in [4.78, 5) is 13.6. The van der Waals surface area contributed by atoms with E-state index in [9.17, 15) is 18.0 Å². The Balaban J connectivity index is 0.00000261. The van der Waals surface area contributed by atoms with Crippen molar-refractivity contribution in [2.24, 2.45) is 0 Å². The zero-order chi connectivity index (χ0) is 18.7. The van der Waals surface area contributed by atoms with Crippen LogP contribution in [0.5, 0.6) is 0 Å². The predicted molar refractivity (Wildman–Crippen MR) is 98.1 cm³/mol. The Bertz CT molecular complexity index is 774. The summed E-state index contributed by atoms with van der Waals surface area (Å²) >= 11 is 0. The number of carbonyl (C=O) groups is 1. The van der Waals surface area contributed by atoms with Gasteiger partial charge in [-0.15, -0.1) is 12.4 Å². The number of carbonyl (C=O) groups excluding carboxylic acids is 1. The van der Waals surface area contributed by atoms with Gasteiger partial charge in [0, 0.05) is 37.3 Å². The lowest BCUT2D eigenvalue weighted by Crippen LogP contribution is -2.41. The van der Waals surface area contributed by atoms with Gasteiger partial charge >= 0.3 is 6.18 Å². The number of aryl methyl sites for hydroxylation is 1. The van der Waals surface area contributed by atoms with Crippen LogP contribution in [0.1, 0.15) is 32.9 Å². The zero-order valence-electron chi connectivity index (χ0n) is 14.9. The minimum Gasteiger partial charge on any atom is -0.328 e. The Kier molecular flexibility index (Phi) is 6.89. The van der Waals surface area contributed by atoms with E-state index in [4.69, 9.17) is 0 Å². The highest BCUT2D eigenvalue weighted by Gasteiger charge is 2.35. The predicted octanol–water partition coefficient (Wildman–Crippen LogP) is 3.03. The molecule has 1 aliphatic rings. The highest BCUT2D eigenvalue weighted by molar-refractivity contribution is 5.94. The molecule has 0 spiro atoms. The minimum absolute atomic E-state index is 0. The van der Waals surface area contributed by atoms with E-state index in [-0.39, 0.29) is 24.6 Å². The molecular formula is C18H22ClF3N4O. The summed E-state index contributed by atoms with van der Waals surface area (Å²) in [6.07, 6.45) is -3.43. The number of hydrogen-bond donors (Lipinski definition) is 2. The number of aromatic nitrogens is 2. The van der Waals surface area contributed by atoms with Gasteiger partial charge in [-0.3, -0.25) is 9.89 Å².